The zero-order valence-electron chi connectivity index (χ0n) is 13.0. The summed E-state index contributed by atoms with van der Waals surface area (Å²) >= 11 is 11.9. The summed E-state index contributed by atoms with van der Waals surface area (Å²) in [4.78, 5) is 22.2. The van der Waals surface area contributed by atoms with Gasteiger partial charge in [0.1, 0.15) is 17.8 Å². The average Bonchev–Trinajstić information content (AvgIpc) is 2.55. The maximum atomic E-state index is 12.3. The van der Waals surface area contributed by atoms with E-state index in [-0.39, 0.29) is 5.91 Å². The van der Waals surface area contributed by atoms with E-state index in [4.69, 9.17) is 23.2 Å². The molecule has 0 saturated carbocycles. The van der Waals surface area contributed by atoms with Crippen molar-refractivity contribution in [3.63, 3.8) is 0 Å². The summed E-state index contributed by atoms with van der Waals surface area (Å²) < 4.78 is 0. The molecule has 2 aromatic rings. The topological polar surface area (TPSA) is 58.1 Å². The molecule has 23 heavy (non-hydrogen) atoms. The zero-order chi connectivity index (χ0) is 16.8. The monoisotopic (exact) mass is 352 g/mol. The Morgan fingerprint density at radius 3 is 2.70 bits per heavy atom. The summed E-state index contributed by atoms with van der Waals surface area (Å²) in [5.41, 5.74) is 1.08. The number of unbranched alkanes of at least 4 members (excludes halogenated alkanes) is 1. The van der Waals surface area contributed by atoms with Crippen molar-refractivity contribution in [3.8, 4) is 0 Å². The number of hydrogen-bond donors (Lipinski definition) is 1. The predicted octanol–water partition coefficient (Wildman–Crippen LogP) is 4.40. The van der Waals surface area contributed by atoms with Crippen LogP contribution in [0.2, 0.25) is 10.0 Å². The molecule has 0 bridgehead atoms. The summed E-state index contributed by atoms with van der Waals surface area (Å²) in [6.07, 6.45) is 3.36. The third kappa shape index (κ3) is 4.81. The lowest BCUT2D eigenvalue weighted by atomic mass is 10.3. The van der Waals surface area contributed by atoms with Gasteiger partial charge in [0.15, 0.2) is 0 Å². The number of rotatable bonds is 6. The van der Waals surface area contributed by atoms with Crippen molar-refractivity contribution in [2.45, 2.75) is 19.8 Å². The molecule has 1 aromatic heterocycles. The number of benzene rings is 1. The highest BCUT2D eigenvalue weighted by Crippen LogP contribution is 2.26. The summed E-state index contributed by atoms with van der Waals surface area (Å²) in [5.74, 6) is 0.392. The van der Waals surface area contributed by atoms with Crippen LogP contribution < -0.4 is 5.32 Å². The molecule has 1 N–H and O–H groups in total. The van der Waals surface area contributed by atoms with Crippen molar-refractivity contribution in [2.75, 3.05) is 18.9 Å². The fraction of sp³-hybridized carbons (Fsp3) is 0.312. The Morgan fingerprint density at radius 2 is 2.00 bits per heavy atom. The first-order chi connectivity index (χ1) is 11.0. The van der Waals surface area contributed by atoms with Crippen molar-refractivity contribution in [2.24, 2.45) is 0 Å². The van der Waals surface area contributed by atoms with Gasteiger partial charge in [-0.25, -0.2) is 9.97 Å². The summed E-state index contributed by atoms with van der Waals surface area (Å²) in [6.45, 7) is 2.79. The molecule has 0 saturated heterocycles. The van der Waals surface area contributed by atoms with Crippen molar-refractivity contribution in [3.05, 3.63) is 46.3 Å². The third-order valence-corrected chi connectivity index (χ3v) is 4.01. The highest BCUT2D eigenvalue weighted by Gasteiger charge is 2.13. The Balaban J connectivity index is 2.13. The minimum atomic E-state index is -0.127. The van der Waals surface area contributed by atoms with Crippen LogP contribution in [0, 0.1) is 0 Å². The van der Waals surface area contributed by atoms with E-state index < -0.39 is 0 Å². The van der Waals surface area contributed by atoms with Gasteiger partial charge >= 0.3 is 0 Å². The number of aromatic nitrogens is 2. The van der Waals surface area contributed by atoms with Crippen molar-refractivity contribution >= 4 is 40.6 Å². The molecule has 0 fully saturated rings. The van der Waals surface area contributed by atoms with E-state index in [1.54, 1.807) is 36.2 Å². The van der Waals surface area contributed by atoms with E-state index in [1.165, 1.54) is 6.33 Å². The number of carbonyl (C=O) groups excluding carboxylic acids is 1. The van der Waals surface area contributed by atoms with E-state index in [0.29, 0.717) is 28.1 Å². The number of anilines is 2. The number of hydrogen-bond acceptors (Lipinski definition) is 4. The Morgan fingerprint density at radius 1 is 1.22 bits per heavy atom. The molecule has 0 aliphatic heterocycles. The maximum Gasteiger partial charge on any atom is 0.272 e. The molecule has 0 radical (unpaired) electrons. The van der Waals surface area contributed by atoms with Gasteiger partial charge < -0.3 is 10.2 Å². The summed E-state index contributed by atoms with van der Waals surface area (Å²) in [7, 11) is 1.77. The van der Waals surface area contributed by atoms with Gasteiger partial charge in [-0.15, -0.1) is 0 Å². The van der Waals surface area contributed by atoms with Crippen LogP contribution in [0.5, 0.6) is 0 Å². The molecule has 0 unspecified atom stereocenters. The Bertz CT molecular complexity index is 694. The first-order valence-corrected chi connectivity index (χ1v) is 8.06. The van der Waals surface area contributed by atoms with Crippen LogP contribution in [0.4, 0.5) is 11.5 Å². The van der Waals surface area contributed by atoms with Crippen LogP contribution in [0.1, 0.15) is 30.3 Å². The zero-order valence-corrected chi connectivity index (χ0v) is 14.5. The third-order valence-electron chi connectivity index (χ3n) is 3.27. The van der Waals surface area contributed by atoms with E-state index in [9.17, 15) is 4.79 Å². The summed E-state index contributed by atoms with van der Waals surface area (Å²) in [6, 6.07) is 6.79. The van der Waals surface area contributed by atoms with Gasteiger partial charge in [-0.3, -0.25) is 4.79 Å². The van der Waals surface area contributed by atoms with Gasteiger partial charge in [-0.2, -0.15) is 0 Å². The lowest BCUT2D eigenvalue weighted by Gasteiger charge is -2.16. The standard InChI is InChI=1S/C16H18Cl2N4O/c1-3-4-7-22(2)16(23)14-9-15(20-10-19-14)21-11-5-6-12(17)13(18)8-11/h5-6,8-10H,3-4,7H2,1-2H3,(H,19,20,21). The fourth-order valence-electron chi connectivity index (χ4n) is 1.96. The van der Waals surface area contributed by atoms with Crippen LogP contribution in [-0.4, -0.2) is 34.4 Å². The van der Waals surface area contributed by atoms with Gasteiger partial charge in [0.05, 0.1) is 10.0 Å². The average molecular weight is 353 g/mol. The highest BCUT2D eigenvalue weighted by atomic mass is 35.5. The molecule has 7 heteroatoms. The van der Waals surface area contributed by atoms with Crippen molar-refractivity contribution < 1.29 is 4.79 Å². The number of nitrogens with one attached hydrogen (secondary N) is 1. The van der Waals surface area contributed by atoms with Crippen LogP contribution in [0.15, 0.2) is 30.6 Å². The number of nitrogens with zero attached hydrogens (tertiary/aromatic N) is 3. The molecule has 5 nitrogen and oxygen atoms in total. The van der Waals surface area contributed by atoms with Crippen LogP contribution >= 0.6 is 23.2 Å². The first-order valence-electron chi connectivity index (χ1n) is 7.31. The quantitative estimate of drug-likeness (QED) is 0.836. The van der Waals surface area contributed by atoms with E-state index in [2.05, 4.69) is 22.2 Å². The molecule has 1 aromatic carbocycles. The SMILES string of the molecule is CCCCN(C)C(=O)c1cc(Nc2ccc(Cl)c(Cl)c2)ncn1. The molecule has 1 amide bonds. The minimum Gasteiger partial charge on any atom is -0.340 e. The Kier molecular flexibility index (Phi) is 6.19. The second-order valence-corrected chi connectivity index (χ2v) is 5.94. The summed E-state index contributed by atoms with van der Waals surface area (Å²) in [5, 5.41) is 4.01. The molecule has 122 valence electrons. The van der Waals surface area contributed by atoms with Crippen molar-refractivity contribution in [1.29, 1.82) is 0 Å². The van der Waals surface area contributed by atoms with Gasteiger partial charge in [-0.1, -0.05) is 36.5 Å². The number of carbonyl (C=O) groups is 1. The van der Waals surface area contributed by atoms with Crippen molar-refractivity contribution in [1.82, 2.24) is 14.9 Å². The molecule has 0 atom stereocenters. The van der Waals surface area contributed by atoms with Gasteiger partial charge in [-0.05, 0) is 24.6 Å². The molecular weight excluding hydrogens is 335 g/mol. The second kappa shape index (κ2) is 8.13. The van der Waals surface area contributed by atoms with Crippen LogP contribution in [-0.2, 0) is 0 Å². The van der Waals surface area contributed by atoms with Gasteiger partial charge in [0.25, 0.3) is 5.91 Å². The smallest absolute Gasteiger partial charge is 0.272 e. The normalized spacial score (nSPS) is 10.4. The molecular formula is C16H18Cl2N4O. The largest absolute Gasteiger partial charge is 0.340 e. The minimum absolute atomic E-state index is 0.127. The fourth-order valence-corrected chi connectivity index (χ4v) is 2.25. The number of halogens is 2. The second-order valence-electron chi connectivity index (χ2n) is 5.12. The van der Waals surface area contributed by atoms with Gasteiger partial charge in [0, 0.05) is 25.3 Å². The maximum absolute atomic E-state index is 12.3. The lowest BCUT2D eigenvalue weighted by Crippen LogP contribution is -2.28. The van der Waals surface area contributed by atoms with Crippen LogP contribution in [0.25, 0.3) is 0 Å². The molecule has 0 aliphatic carbocycles. The van der Waals surface area contributed by atoms with E-state index in [0.717, 1.165) is 18.5 Å². The van der Waals surface area contributed by atoms with Crippen LogP contribution in [0.3, 0.4) is 0 Å². The molecule has 0 aliphatic rings. The molecule has 2 rings (SSSR count). The van der Waals surface area contributed by atoms with Gasteiger partial charge in [0.2, 0.25) is 0 Å². The lowest BCUT2D eigenvalue weighted by molar-refractivity contribution is 0.0787. The van der Waals surface area contributed by atoms with E-state index >= 15 is 0 Å². The molecule has 0 spiro atoms. The highest BCUT2D eigenvalue weighted by molar-refractivity contribution is 6.42. The Hall–Kier alpha value is -1.85. The van der Waals surface area contributed by atoms with E-state index in [1.807, 2.05) is 0 Å². The predicted molar refractivity (Wildman–Crippen MR) is 93.6 cm³/mol. The molecule has 1 heterocycles. The first kappa shape index (κ1) is 17.5. The Labute approximate surface area is 145 Å². The number of amides is 1.